The van der Waals surface area contributed by atoms with E-state index in [-0.39, 0.29) is 5.56 Å². The number of carbonyl (C=O) groups is 1. The van der Waals surface area contributed by atoms with Gasteiger partial charge in [0.1, 0.15) is 28.6 Å². The van der Waals surface area contributed by atoms with Gasteiger partial charge in [-0.2, -0.15) is 5.26 Å². The number of hydrogen-bond donors (Lipinski definition) is 2. The lowest BCUT2D eigenvalue weighted by molar-refractivity contribution is 0.101. The topological polar surface area (TPSA) is 101 Å². The van der Waals surface area contributed by atoms with Gasteiger partial charge in [-0.15, -0.1) is 6.58 Å². The van der Waals surface area contributed by atoms with Crippen LogP contribution in [0, 0.1) is 23.1 Å². The molecule has 2 rings (SSSR count). The van der Waals surface area contributed by atoms with Crippen molar-refractivity contribution in [3.05, 3.63) is 59.7 Å². The van der Waals surface area contributed by atoms with E-state index >= 15 is 0 Å². The van der Waals surface area contributed by atoms with Crippen LogP contribution < -0.4 is 10.5 Å². The molecular formula is C20H23FN4O2S. The minimum absolute atomic E-state index is 0.160. The number of amides is 1. The number of hydrogen-bond acceptors (Lipinski definition) is 3. The van der Waals surface area contributed by atoms with Gasteiger partial charge in [-0.05, 0) is 43.4 Å². The number of anilines is 1. The fraction of sp³-hybridized carbons (Fsp3) is 0.300. The van der Waals surface area contributed by atoms with Crippen molar-refractivity contribution in [3.8, 4) is 6.07 Å². The number of nitrogens with zero attached hydrogens (tertiary/aromatic N) is 2. The number of rotatable bonds is 8. The molecule has 1 heterocycles. The first-order valence-electron chi connectivity index (χ1n) is 8.76. The molecular weight excluding hydrogens is 379 g/mol. The molecule has 2 unspecified atom stereocenters. The van der Waals surface area contributed by atoms with E-state index in [9.17, 15) is 13.4 Å². The van der Waals surface area contributed by atoms with Crippen molar-refractivity contribution in [1.82, 2.24) is 4.57 Å². The highest BCUT2D eigenvalue weighted by molar-refractivity contribution is 7.82. The molecule has 1 aromatic carbocycles. The Kier molecular flexibility index (Phi) is 7.26. The first kappa shape index (κ1) is 21.5. The van der Waals surface area contributed by atoms with Crippen molar-refractivity contribution in [3.63, 3.8) is 0 Å². The zero-order chi connectivity index (χ0) is 20.8. The van der Waals surface area contributed by atoms with Crippen molar-refractivity contribution in [2.24, 2.45) is 18.1 Å². The Bertz CT molecular complexity index is 962. The molecule has 6 nitrogen and oxygen atoms in total. The molecule has 0 aliphatic rings. The standard InChI is InChI=1S/C20H23FN4O2S/c1-4-13(2)6-5-7-16-18(28(23)27)12-25(3)19(16)20(26)24-15-8-9-17(21)14(10-15)11-22/h4,8-10,12-13H,1,5-7,23H2,2-3H3,(H,24,26). The maximum Gasteiger partial charge on any atom is 0.272 e. The van der Waals surface area contributed by atoms with Gasteiger partial charge in [0.15, 0.2) is 0 Å². The van der Waals surface area contributed by atoms with Crippen molar-refractivity contribution in [1.29, 1.82) is 5.26 Å². The van der Waals surface area contributed by atoms with Gasteiger partial charge in [0.2, 0.25) is 0 Å². The third-order valence-corrected chi connectivity index (χ3v) is 5.30. The smallest absolute Gasteiger partial charge is 0.272 e. The van der Waals surface area contributed by atoms with Gasteiger partial charge < -0.3 is 9.88 Å². The lowest BCUT2D eigenvalue weighted by Gasteiger charge is -2.11. The third-order valence-electron chi connectivity index (χ3n) is 4.51. The number of aryl methyl sites for hydroxylation is 1. The van der Waals surface area contributed by atoms with Crippen LogP contribution in [-0.4, -0.2) is 14.7 Å². The molecule has 2 aromatic rings. The molecule has 0 radical (unpaired) electrons. The summed E-state index contributed by atoms with van der Waals surface area (Å²) in [6.07, 6.45) is 5.63. The number of allylic oxidation sites excluding steroid dienone is 1. The zero-order valence-corrected chi connectivity index (χ0v) is 16.7. The van der Waals surface area contributed by atoms with Crippen LogP contribution in [-0.2, 0) is 24.5 Å². The van der Waals surface area contributed by atoms with Crippen molar-refractivity contribution in [2.75, 3.05) is 5.32 Å². The second-order valence-corrected chi connectivity index (χ2v) is 7.63. The van der Waals surface area contributed by atoms with E-state index in [0.717, 1.165) is 18.9 Å². The molecule has 0 saturated carbocycles. The molecule has 1 aromatic heterocycles. The van der Waals surface area contributed by atoms with E-state index in [1.807, 2.05) is 6.08 Å². The Morgan fingerprint density at radius 3 is 2.86 bits per heavy atom. The number of aromatic nitrogens is 1. The van der Waals surface area contributed by atoms with E-state index in [1.54, 1.807) is 23.9 Å². The van der Waals surface area contributed by atoms with Gasteiger partial charge in [-0.1, -0.05) is 13.0 Å². The fourth-order valence-corrected chi connectivity index (χ4v) is 3.66. The number of benzene rings is 1. The molecule has 0 bridgehead atoms. The van der Waals surface area contributed by atoms with Gasteiger partial charge in [0.25, 0.3) is 5.91 Å². The lowest BCUT2D eigenvalue weighted by Crippen LogP contribution is -2.18. The minimum Gasteiger partial charge on any atom is -0.345 e. The van der Waals surface area contributed by atoms with Crippen LogP contribution in [0.25, 0.3) is 0 Å². The first-order chi connectivity index (χ1) is 13.3. The Balaban J connectivity index is 2.32. The van der Waals surface area contributed by atoms with Crippen molar-refractivity contribution in [2.45, 2.75) is 31.1 Å². The summed E-state index contributed by atoms with van der Waals surface area (Å²) in [7, 11) is -0.0576. The van der Waals surface area contributed by atoms with Gasteiger partial charge in [-0.3, -0.25) is 4.79 Å². The fourth-order valence-electron chi connectivity index (χ4n) is 2.96. The molecule has 0 saturated heterocycles. The quantitative estimate of drug-likeness (QED) is 0.662. The summed E-state index contributed by atoms with van der Waals surface area (Å²) in [4.78, 5) is 13.3. The normalized spacial score (nSPS) is 12.8. The first-order valence-corrected chi connectivity index (χ1v) is 9.97. The molecule has 8 heteroatoms. The Labute approximate surface area is 166 Å². The summed E-state index contributed by atoms with van der Waals surface area (Å²) < 4.78 is 27.0. The average molecular weight is 402 g/mol. The van der Waals surface area contributed by atoms with Gasteiger partial charge >= 0.3 is 0 Å². The number of nitrogens with one attached hydrogen (secondary N) is 1. The van der Waals surface area contributed by atoms with E-state index in [0.29, 0.717) is 34.2 Å². The maximum atomic E-state index is 13.5. The summed E-state index contributed by atoms with van der Waals surface area (Å²) in [5, 5.41) is 17.2. The highest BCUT2D eigenvalue weighted by Gasteiger charge is 2.22. The highest BCUT2D eigenvalue weighted by atomic mass is 32.2. The van der Waals surface area contributed by atoms with Crippen LogP contribution in [0.15, 0.2) is 41.9 Å². The highest BCUT2D eigenvalue weighted by Crippen LogP contribution is 2.24. The Hall–Kier alpha value is -2.76. The zero-order valence-electron chi connectivity index (χ0n) is 15.9. The monoisotopic (exact) mass is 402 g/mol. The van der Waals surface area contributed by atoms with Gasteiger partial charge in [0, 0.05) is 24.5 Å². The Morgan fingerprint density at radius 2 is 2.25 bits per heavy atom. The van der Waals surface area contributed by atoms with Crippen LogP contribution in [0.3, 0.4) is 0 Å². The largest absolute Gasteiger partial charge is 0.345 e. The predicted molar refractivity (Wildman–Crippen MR) is 107 cm³/mol. The number of nitrogens with two attached hydrogens (primary N) is 1. The Morgan fingerprint density at radius 1 is 1.54 bits per heavy atom. The van der Waals surface area contributed by atoms with Gasteiger partial charge in [0.05, 0.1) is 10.5 Å². The molecule has 1 amide bonds. The van der Waals surface area contributed by atoms with Crippen LogP contribution >= 0.6 is 0 Å². The van der Waals surface area contributed by atoms with E-state index in [2.05, 4.69) is 18.8 Å². The molecule has 2 atom stereocenters. The lowest BCUT2D eigenvalue weighted by atomic mass is 10.0. The average Bonchev–Trinajstić information content (AvgIpc) is 2.99. The summed E-state index contributed by atoms with van der Waals surface area (Å²) in [6.45, 7) is 5.81. The number of nitriles is 1. The number of halogens is 1. The third kappa shape index (κ3) is 4.94. The predicted octanol–water partition coefficient (Wildman–Crippen LogP) is 3.41. The van der Waals surface area contributed by atoms with E-state index in [1.165, 1.54) is 12.1 Å². The van der Waals surface area contributed by atoms with E-state index in [4.69, 9.17) is 10.4 Å². The van der Waals surface area contributed by atoms with Crippen LogP contribution in [0.5, 0.6) is 0 Å². The second-order valence-electron chi connectivity index (χ2n) is 6.59. The molecule has 3 N–H and O–H groups in total. The van der Waals surface area contributed by atoms with E-state index < -0.39 is 22.7 Å². The van der Waals surface area contributed by atoms with Crippen LogP contribution in [0.1, 0.15) is 41.4 Å². The second kappa shape index (κ2) is 9.44. The van der Waals surface area contributed by atoms with Gasteiger partial charge in [-0.25, -0.2) is 13.7 Å². The SMILES string of the molecule is C=CC(C)CCCc1c(S(N)=O)cn(C)c1C(=O)Nc1ccc(F)c(C#N)c1. The molecule has 0 fully saturated rings. The molecule has 148 valence electrons. The minimum atomic E-state index is -1.73. The van der Waals surface area contributed by atoms with Crippen LogP contribution in [0.4, 0.5) is 10.1 Å². The van der Waals surface area contributed by atoms with Crippen molar-refractivity contribution >= 4 is 22.6 Å². The summed E-state index contributed by atoms with van der Waals surface area (Å²) >= 11 is 0. The summed E-state index contributed by atoms with van der Waals surface area (Å²) in [6, 6.07) is 5.51. The molecule has 0 spiro atoms. The van der Waals surface area contributed by atoms with Crippen molar-refractivity contribution < 1.29 is 13.4 Å². The molecule has 0 aliphatic heterocycles. The van der Waals surface area contributed by atoms with Crippen LogP contribution in [0.2, 0.25) is 0 Å². The molecule has 0 aliphatic carbocycles. The maximum absolute atomic E-state index is 13.5. The summed E-state index contributed by atoms with van der Waals surface area (Å²) in [5.74, 6) is -0.768. The summed E-state index contributed by atoms with van der Waals surface area (Å²) in [5.41, 5.74) is 1.10. The number of carbonyl (C=O) groups excluding carboxylic acids is 1. The molecule has 28 heavy (non-hydrogen) atoms.